The number of nitrogens with one attached hydrogen (secondary N) is 1. The lowest BCUT2D eigenvalue weighted by Gasteiger charge is -2.03. The van der Waals surface area contributed by atoms with Crippen LogP contribution in [0.4, 0.5) is 5.69 Å². The molecule has 0 fully saturated rings. The van der Waals surface area contributed by atoms with E-state index in [-0.39, 0.29) is 5.91 Å². The van der Waals surface area contributed by atoms with Crippen molar-refractivity contribution < 1.29 is 4.79 Å². The fourth-order valence-electron chi connectivity index (χ4n) is 2.17. The van der Waals surface area contributed by atoms with Crippen molar-refractivity contribution in [1.29, 1.82) is 0 Å². The lowest BCUT2D eigenvalue weighted by molar-refractivity contribution is 0.0959. The van der Waals surface area contributed by atoms with Crippen molar-refractivity contribution in [3.63, 3.8) is 0 Å². The maximum absolute atomic E-state index is 12.3. The molecule has 0 aliphatic heterocycles. The minimum Gasteiger partial charge on any atom is -0.399 e. The van der Waals surface area contributed by atoms with E-state index >= 15 is 0 Å². The van der Waals surface area contributed by atoms with E-state index in [2.05, 4.69) is 10.5 Å². The first-order valence-electron chi connectivity index (χ1n) is 6.94. The minimum absolute atomic E-state index is 0.320. The van der Waals surface area contributed by atoms with Crippen molar-refractivity contribution in [2.45, 2.75) is 6.92 Å². The van der Waals surface area contributed by atoms with E-state index in [1.54, 1.807) is 12.1 Å². The van der Waals surface area contributed by atoms with Crippen LogP contribution < -0.4 is 11.2 Å². The van der Waals surface area contributed by atoms with Crippen LogP contribution in [0.15, 0.2) is 53.6 Å². The first kappa shape index (κ1) is 15.5. The first-order chi connectivity index (χ1) is 11.1. The van der Waals surface area contributed by atoms with Gasteiger partial charge in [-0.3, -0.25) is 4.79 Å². The SMILES string of the molecule is CC(=NNC(=O)c1sc2ccccc2c1Cl)c1cccc(N)c1. The van der Waals surface area contributed by atoms with Crippen molar-refractivity contribution in [2.75, 3.05) is 5.73 Å². The highest BCUT2D eigenvalue weighted by molar-refractivity contribution is 7.21. The van der Waals surface area contributed by atoms with E-state index in [0.717, 1.165) is 15.6 Å². The third-order valence-corrected chi connectivity index (χ3v) is 5.04. The Kier molecular flexibility index (Phi) is 4.32. The number of hydrogen-bond donors (Lipinski definition) is 2. The number of carbonyl (C=O) groups is 1. The largest absolute Gasteiger partial charge is 0.399 e. The molecule has 23 heavy (non-hydrogen) atoms. The van der Waals surface area contributed by atoms with Gasteiger partial charge in [0.1, 0.15) is 4.88 Å². The van der Waals surface area contributed by atoms with Crippen LogP contribution >= 0.6 is 22.9 Å². The summed E-state index contributed by atoms with van der Waals surface area (Å²) in [6.45, 7) is 1.81. The quantitative estimate of drug-likeness (QED) is 0.423. The molecule has 0 aliphatic carbocycles. The highest BCUT2D eigenvalue weighted by atomic mass is 35.5. The zero-order chi connectivity index (χ0) is 16.4. The van der Waals surface area contributed by atoms with Crippen LogP contribution in [-0.4, -0.2) is 11.6 Å². The summed E-state index contributed by atoms with van der Waals surface area (Å²) in [5, 5.41) is 5.47. The lowest BCUT2D eigenvalue weighted by atomic mass is 10.1. The van der Waals surface area contributed by atoms with Gasteiger partial charge in [-0.2, -0.15) is 5.10 Å². The predicted molar refractivity (Wildman–Crippen MR) is 97.4 cm³/mol. The molecule has 2 aromatic carbocycles. The molecule has 0 bridgehead atoms. The number of thiophene rings is 1. The van der Waals surface area contributed by atoms with E-state index < -0.39 is 0 Å². The number of amides is 1. The van der Waals surface area contributed by atoms with Gasteiger partial charge in [0, 0.05) is 15.8 Å². The van der Waals surface area contributed by atoms with Crippen LogP contribution in [0.5, 0.6) is 0 Å². The van der Waals surface area contributed by atoms with Crippen LogP contribution in [0.2, 0.25) is 5.02 Å². The first-order valence-corrected chi connectivity index (χ1v) is 8.13. The summed E-state index contributed by atoms with van der Waals surface area (Å²) in [6.07, 6.45) is 0. The van der Waals surface area contributed by atoms with Gasteiger partial charge in [0.15, 0.2) is 0 Å². The predicted octanol–water partition coefficient (Wildman–Crippen LogP) is 4.29. The Labute approximate surface area is 142 Å². The zero-order valence-corrected chi connectivity index (χ0v) is 13.9. The van der Waals surface area contributed by atoms with Crippen LogP contribution in [0.3, 0.4) is 0 Å². The van der Waals surface area contributed by atoms with E-state index in [0.29, 0.717) is 21.3 Å². The van der Waals surface area contributed by atoms with Crippen molar-refractivity contribution in [3.05, 3.63) is 64.0 Å². The molecule has 1 aromatic heterocycles. The summed E-state index contributed by atoms with van der Waals surface area (Å²) in [6, 6.07) is 15.0. The van der Waals surface area contributed by atoms with Gasteiger partial charge in [0.2, 0.25) is 0 Å². The van der Waals surface area contributed by atoms with Gasteiger partial charge in [0.25, 0.3) is 5.91 Å². The van der Waals surface area contributed by atoms with Gasteiger partial charge >= 0.3 is 0 Å². The van der Waals surface area contributed by atoms with Crippen molar-refractivity contribution in [2.24, 2.45) is 5.10 Å². The van der Waals surface area contributed by atoms with Crippen LogP contribution in [0.25, 0.3) is 10.1 Å². The second kappa shape index (κ2) is 6.40. The number of fused-ring (bicyclic) bond motifs is 1. The smallest absolute Gasteiger partial charge is 0.283 e. The topological polar surface area (TPSA) is 67.5 Å². The molecule has 1 heterocycles. The fraction of sp³-hybridized carbons (Fsp3) is 0.0588. The Balaban J connectivity index is 1.83. The Morgan fingerprint density at radius 2 is 2.00 bits per heavy atom. The summed E-state index contributed by atoms with van der Waals surface area (Å²) in [5.74, 6) is -0.320. The number of hydrogen-bond acceptors (Lipinski definition) is 4. The second-order valence-electron chi connectivity index (χ2n) is 5.00. The van der Waals surface area contributed by atoms with Crippen LogP contribution in [-0.2, 0) is 0 Å². The van der Waals surface area contributed by atoms with Gasteiger partial charge in [-0.25, -0.2) is 5.43 Å². The molecule has 0 spiro atoms. The molecular formula is C17H14ClN3OS. The molecule has 0 atom stereocenters. The maximum Gasteiger partial charge on any atom is 0.283 e. The number of anilines is 1. The van der Waals surface area contributed by atoms with E-state index in [1.165, 1.54) is 11.3 Å². The molecule has 3 rings (SSSR count). The number of carbonyl (C=O) groups excluding carboxylic acids is 1. The summed E-state index contributed by atoms with van der Waals surface area (Å²) in [4.78, 5) is 12.8. The van der Waals surface area contributed by atoms with Crippen molar-refractivity contribution >= 4 is 50.3 Å². The molecule has 1 amide bonds. The number of nitrogen functional groups attached to an aromatic ring is 1. The molecule has 0 unspecified atom stereocenters. The van der Waals surface area contributed by atoms with Gasteiger partial charge in [-0.1, -0.05) is 41.9 Å². The molecule has 0 saturated heterocycles. The highest BCUT2D eigenvalue weighted by Crippen LogP contribution is 2.34. The van der Waals surface area contributed by atoms with E-state index in [4.69, 9.17) is 17.3 Å². The minimum atomic E-state index is -0.320. The molecular weight excluding hydrogens is 330 g/mol. The monoisotopic (exact) mass is 343 g/mol. The highest BCUT2D eigenvalue weighted by Gasteiger charge is 2.16. The summed E-state index contributed by atoms with van der Waals surface area (Å²) >= 11 is 7.64. The Morgan fingerprint density at radius 3 is 2.74 bits per heavy atom. The Morgan fingerprint density at radius 1 is 1.22 bits per heavy atom. The molecule has 6 heteroatoms. The number of hydrazone groups is 1. The third-order valence-electron chi connectivity index (χ3n) is 3.37. The normalized spacial score (nSPS) is 11.7. The van der Waals surface area contributed by atoms with Gasteiger partial charge < -0.3 is 5.73 Å². The van der Waals surface area contributed by atoms with Gasteiger partial charge in [0.05, 0.1) is 10.7 Å². The fourth-order valence-corrected chi connectivity index (χ4v) is 3.58. The van der Waals surface area contributed by atoms with E-state index in [9.17, 15) is 4.79 Å². The Hall–Kier alpha value is -2.37. The van der Waals surface area contributed by atoms with Gasteiger partial charge in [-0.15, -0.1) is 11.3 Å². The number of halogens is 1. The van der Waals surface area contributed by atoms with Crippen LogP contribution in [0.1, 0.15) is 22.2 Å². The number of nitrogens with two attached hydrogens (primary N) is 1. The zero-order valence-electron chi connectivity index (χ0n) is 12.3. The van der Waals surface area contributed by atoms with E-state index in [1.807, 2.05) is 43.3 Å². The molecule has 116 valence electrons. The third kappa shape index (κ3) is 3.21. The van der Waals surface area contributed by atoms with Crippen LogP contribution in [0, 0.1) is 0 Å². The number of benzene rings is 2. The number of rotatable bonds is 3. The molecule has 0 aliphatic rings. The van der Waals surface area contributed by atoms with Crippen molar-refractivity contribution in [3.8, 4) is 0 Å². The second-order valence-corrected chi connectivity index (χ2v) is 6.44. The standard InChI is InChI=1S/C17H14ClN3OS/c1-10(11-5-4-6-12(19)9-11)20-21-17(22)16-15(18)13-7-2-3-8-14(13)23-16/h2-9H,19H2,1H3,(H,21,22). The maximum atomic E-state index is 12.3. The summed E-state index contributed by atoms with van der Waals surface area (Å²) < 4.78 is 0.971. The van der Waals surface area contributed by atoms with Gasteiger partial charge in [-0.05, 0) is 30.7 Å². The lowest BCUT2D eigenvalue weighted by Crippen LogP contribution is -2.18. The molecule has 4 nitrogen and oxygen atoms in total. The number of nitrogens with zero attached hydrogens (tertiary/aromatic N) is 1. The summed E-state index contributed by atoms with van der Waals surface area (Å²) in [5.41, 5.74) is 10.5. The average Bonchev–Trinajstić information content (AvgIpc) is 2.90. The molecule has 3 N–H and O–H groups in total. The van der Waals surface area contributed by atoms with Crippen molar-refractivity contribution in [1.82, 2.24) is 5.43 Å². The summed E-state index contributed by atoms with van der Waals surface area (Å²) in [7, 11) is 0. The molecule has 3 aromatic rings. The molecule has 0 saturated carbocycles. The Bertz CT molecular complexity index is 917. The average molecular weight is 344 g/mol. The molecule has 0 radical (unpaired) electrons.